The Balaban J connectivity index is 1.18. The Hall–Kier alpha value is -6.10. The summed E-state index contributed by atoms with van der Waals surface area (Å²) in [6.45, 7) is 0. The molecule has 7 aromatic carbocycles. The molecule has 3 aromatic heterocycles. The van der Waals surface area contributed by atoms with Crippen molar-refractivity contribution in [1.82, 2.24) is 14.5 Å². The van der Waals surface area contributed by atoms with Crippen molar-refractivity contribution in [1.29, 1.82) is 0 Å². The van der Waals surface area contributed by atoms with Crippen LogP contribution in [0.4, 0.5) is 0 Å². The smallest absolute Gasteiger partial charge is 0.161 e. The number of para-hydroxylation sites is 1. The number of nitrogens with zero attached hydrogens (tertiary/aromatic N) is 3. The zero-order chi connectivity index (χ0) is 31.6. The van der Waals surface area contributed by atoms with Crippen LogP contribution in [-0.4, -0.2) is 14.5 Å². The second kappa shape index (κ2) is 10.7. The third kappa shape index (κ3) is 4.20. The molecule has 0 atom stereocenters. The van der Waals surface area contributed by atoms with Crippen molar-refractivity contribution < 1.29 is 0 Å². The maximum Gasteiger partial charge on any atom is 0.161 e. The summed E-state index contributed by atoms with van der Waals surface area (Å²) < 4.78 is 3.61. The zero-order valence-electron chi connectivity index (χ0n) is 25.8. The number of benzene rings is 7. The first-order chi connectivity index (χ1) is 23.8. The molecule has 0 saturated heterocycles. The number of fused-ring (bicyclic) bond motifs is 8. The number of rotatable bonds is 4. The van der Waals surface area contributed by atoms with Crippen molar-refractivity contribution >= 4 is 64.2 Å². The molecule has 0 bridgehead atoms. The molecule has 0 unspecified atom stereocenters. The van der Waals surface area contributed by atoms with Crippen LogP contribution in [0, 0.1) is 0 Å². The van der Waals surface area contributed by atoms with E-state index in [2.05, 4.69) is 168 Å². The van der Waals surface area contributed by atoms with Gasteiger partial charge in [-0.2, -0.15) is 0 Å². The fourth-order valence-corrected chi connectivity index (χ4v) is 8.30. The Kier molecular flexibility index (Phi) is 6.05. The maximum atomic E-state index is 5.25. The molecule has 0 amide bonds. The van der Waals surface area contributed by atoms with E-state index in [1.165, 1.54) is 42.7 Å². The molecular weight excluding hydrogens is 603 g/mol. The lowest BCUT2D eigenvalue weighted by Gasteiger charge is -2.10. The minimum absolute atomic E-state index is 0.738. The average Bonchev–Trinajstić information content (AvgIpc) is 3.71. The molecule has 10 aromatic rings. The van der Waals surface area contributed by atoms with Gasteiger partial charge in [-0.05, 0) is 64.4 Å². The first kappa shape index (κ1) is 27.1. The first-order valence-corrected chi connectivity index (χ1v) is 17.0. The van der Waals surface area contributed by atoms with Gasteiger partial charge in [0, 0.05) is 43.1 Å². The van der Waals surface area contributed by atoms with Gasteiger partial charge >= 0.3 is 0 Å². The van der Waals surface area contributed by atoms with Gasteiger partial charge in [-0.15, -0.1) is 11.3 Å². The van der Waals surface area contributed by atoms with E-state index in [-0.39, 0.29) is 0 Å². The van der Waals surface area contributed by atoms with E-state index in [1.807, 2.05) is 0 Å². The van der Waals surface area contributed by atoms with E-state index in [0.717, 1.165) is 49.7 Å². The highest BCUT2D eigenvalue weighted by Crippen LogP contribution is 2.41. The lowest BCUT2D eigenvalue weighted by molar-refractivity contribution is 1.18. The molecule has 3 heterocycles. The van der Waals surface area contributed by atoms with E-state index in [0.29, 0.717) is 0 Å². The summed E-state index contributed by atoms with van der Waals surface area (Å²) in [5.74, 6) is 0.738. The van der Waals surface area contributed by atoms with Crippen LogP contribution < -0.4 is 0 Å². The summed E-state index contributed by atoms with van der Waals surface area (Å²) >= 11 is 1.73. The van der Waals surface area contributed by atoms with Gasteiger partial charge < -0.3 is 4.57 Å². The SMILES string of the molecule is c1ccc(-c2nc(-c3cccc(-c4ccc5c(c4)c4c6ccccc6ccc4n5-c4ccccc4)c3)nc3sc4ccccc4c23)cc1. The summed E-state index contributed by atoms with van der Waals surface area (Å²) in [6.07, 6.45) is 0. The number of aromatic nitrogens is 3. The molecule has 0 radical (unpaired) electrons. The molecule has 48 heavy (non-hydrogen) atoms. The molecule has 0 fully saturated rings. The maximum absolute atomic E-state index is 5.25. The standard InChI is InChI=1S/C44H27N3S/c1-3-13-29(14-4-1)42-41-35-20-9-10-21-39(35)48-44(41)46-43(45-42)32-16-11-15-30(26-32)31-23-24-37-36(27-31)40-34-19-8-7-12-28(34)22-25-38(40)47(37)33-17-5-2-6-18-33/h1-27H. The van der Waals surface area contributed by atoms with Gasteiger partial charge in [-0.1, -0.05) is 121 Å². The molecule has 4 heteroatoms. The van der Waals surface area contributed by atoms with E-state index in [4.69, 9.17) is 9.97 Å². The summed E-state index contributed by atoms with van der Waals surface area (Å²) in [4.78, 5) is 11.4. The average molecular weight is 630 g/mol. The van der Waals surface area contributed by atoms with E-state index in [9.17, 15) is 0 Å². The summed E-state index contributed by atoms with van der Waals surface area (Å²) in [7, 11) is 0. The van der Waals surface area contributed by atoms with Crippen LogP contribution in [0.1, 0.15) is 0 Å². The van der Waals surface area contributed by atoms with E-state index < -0.39 is 0 Å². The number of thiophene rings is 1. The lowest BCUT2D eigenvalue weighted by atomic mass is 9.98. The van der Waals surface area contributed by atoms with Crippen molar-refractivity contribution in [2.45, 2.75) is 0 Å². The Bertz CT molecular complexity index is 2830. The minimum Gasteiger partial charge on any atom is -0.309 e. The van der Waals surface area contributed by atoms with Gasteiger partial charge in [0.25, 0.3) is 0 Å². The van der Waals surface area contributed by atoms with E-state index in [1.54, 1.807) is 11.3 Å². The molecule has 0 aliphatic heterocycles. The van der Waals surface area contributed by atoms with Crippen molar-refractivity contribution in [2.75, 3.05) is 0 Å². The zero-order valence-corrected chi connectivity index (χ0v) is 26.7. The van der Waals surface area contributed by atoms with Crippen LogP contribution in [-0.2, 0) is 0 Å². The highest BCUT2D eigenvalue weighted by molar-refractivity contribution is 7.25. The lowest BCUT2D eigenvalue weighted by Crippen LogP contribution is -1.94. The molecule has 0 aliphatic carbocycles. The highest BCUT2D eigenvalue weighted by Gasteiger charge is 2.18. The Morgan fingerprint density at radius 3 is 2.00 bits per heavy atom. The van der Waals surface area contributed by atoms with Crippen LogP contribution in [0.25, 0.3) is 92.3 Å². The van der Waals surface area contributed by atoms with Crippen LogP contribution in [0.2, 0.25) is 0 Å². The topological polar surface area (TPSA) is 30.7 Å². The summed E-state index contributed by atoms with van der Waals surface area (Å²) in [5.41, 5.74) is 8.93. The van der Waals surface area contributed by atoms with Crippen LogP contribution >= 0.6 is 11.3 Å². The molecule has 0 N–H and O–H groups in total. The monoisotopic (exact) mass is 629 g/mol. The summed E-state index contributed by atoms with van der Waals surface area (Å²) in [5, 5.41) is 7.34. The Labute approximate surface area is 281 Å². The third-order valence-electron chi connectivity index (χ3n) is 9.41. The predicted octanol–water partition coefficient (Wildman–Crippen LogP) is 12.1. The predicted molar refractivity (Wildman–Crippen MR) is 203 cm³/mol. The third-order valence-corrected chi connectivity index (χ3v) is 10.5. The fraction of sp³-hybridized carbons (Fsp3) is 0. The second-order valence-corrected chi connectivity index (χ2v) is 13.2. The van der Waals surface area contributed by atoms with Gasteiger partial charge in [0.1, 0.15) is 4.83 Å². The minimum atomic E-state index is 0.738. The van der Waals surface area contributed by atoms with Crippen molar-refractivity contribution in [3.8, 4) is 39.5 Å². The fourth-order valence-electron chi connectivity index (χ4n) is 7.22. The Morgan fingerprint density at radius 1 is 0.438 bits per heavy atom. The molecule has 224 valence electrons. The molecular formula is C44H27N3S. The Morgan fingerprint density at radius 2 is 1.12 bits per heavy atom. The van der Waals surface area contributed by atoms with Gasteiger partial charge in [0.2, 0.25) is 0 Å². The molecule has 10 rings (SSSR count). The van der Waals surface area contributed by atoms with Crippen LogP contribution in [0.3, 0.4) is 0 Å². The molecule has 3 nitrogen and oxygen atoms in total. The number of hydrogen-bond acceptors (Lipinski definition) is 3. The normalized spacial score (nSPS) is 11.8. The van der Waals surface area contributed by atoms with Gasteiger partial charge in [0.15, 0.2) is 5.82 Å². The molecule has 0 aliphatic rings. The van der Waals surface area contributed by atoms with Gasteiger partial charge in [-0.25, -0.2) is 9.97 Å². The van der Waals surface area contributed by atoms with Crippen molar-refractivity contribution in [3.63, 3.8) is 0 Å². The van der Waals surface area contributed by atoms with Crippen LogP contribution in [0.15, 0.2) is 164 Å². The second-order valence-electron chi connectivity index (χ2n) is 12.2. The largest absolute Gasteiger partial charge is 0.309 e. The van der Waals surface area contributed by atoms with Crippen molar-refractivity contribution in [2.24, 2.45) is 0 Å². The highest BCUT2D eigenvalue weighted by atomic mass is 32.1. The first-order valence-electron chi connectivity index (χ1n) is 16.2. The van der Waals surface area contributed by atoms with Crippen molar-refractivity contribution in [3.05, 3.63) is 164 Å². The number of hydrogen-bond donors (Lipinski definition) is 0. The molecule has 0 spiro atoms. The molecule has 0 saturated carbocycles. The van der Waals surface area contributed by atoms with E-state index >= 15 is 0 Å². The quantitative estimate of drug-likeness (QED) is 0.194. The van der Waals surface area contributed by atoms with Gasteiger partial charge in [0.05, 0.1) is 16.7 Å². The summed E-state index contributed by atoms with van der Waals surface area (Å²) in [6, 6.07) is 58.4. The van der Waals surface area contributed by atoms with Gasteiger partial charge in [-0.3, -0.25) is 0 Å². The van der Waals surface area contributed by atoms with Crippen LogP contribution in [0.5, 0.6) is 0 Å².